The Labute approximate surface area is 99.4 Å². The third-order valence-electron chi connectivity index (χ3n) is 2.14. The monoisotopic (exact) mass is 241 g/mol. The van der Waals surface area contributed by atoms with Crippen LogP contribution >= 0.6 is 0 Å². The molecule has 0 aliphatic carbocycles. The number of benzene rings is 1. The molecule has 0 fully saturated rings. The number of ether oxygens (including phenoxy) is 1. The van der Waals surface area contributed by atoms with E-state index in [1.807, 2.05) is 0 Å². The Morgan fingerprint density at radius 1 is 1.53 bits per heavy atom. The van der Waals surface area contributed by atoms with Crippen LogP contribution in [0.4, 0.5) is 4.39 Å². The van der Waals surface area contributed by atoms with E-state index in [1.165, 1.54) is 18.2 Å². The maximum absolute atomic E-state index is 12.9. The molecule has 1 aromatic carbocycles. The third-order valence-corrected chi connectivity index (χ3v) is 2.14. The number of halogens is 1. The van der Waals surface area contributed by atoms with Gasteiger partial charge in [-0.2, -0.15) is 0 Å². The Hall–Kier alpha value is -1.62. The van der Waals surface area contributed by atoms with E-state index < -0.39 is 11.9 Å². The number of hydrogen-bond donors (Lipinski definition) is 2. The molecule has 0 spiro atoms. The van der Waals surface area contributed by atoms with Crippen molar-refractivity contribution < 1.29 is 19.0 Å². The zero-order valence-corrected chi connectivity index (χ0v) is 9.81. The van der Waals surface area contributed by atoms with Gasteiger partial charge in [-0.05, 0) is 26.0 Å². The first-order valence-corrected chi connectivity index (χ1v) is 5.36. The molecule has 0 aliphatic rings. The van der Waals surface area contributed by atoms with Crippen LogP contribution in [-0.4, -0.2) is 29.8 Å². The van der Waals surface area contributed by atoms with Crippen LogP contribution in [0.15, 0.2) is 24.3 Å². The SMILES string of the molecule is CC(CO)NC(=O)C(C)Oc1cccc(F)c1. The first-order chi connectivity index (χ1) is 8.02. The summed E-state index contributed by atoms with van der Waals surface area (Å²) in [7, 11) is 0. The summed E-state index contributed by atoms with van der Waals surface area (Å²) in [6, 6.07) is 5.25. The predicted molar refractivity (Wildman–Crippen MR) is 61.2 cm³/mol. The molecule has 17 heavy (non-hydrogen) atoms. The van der Waals surface area contributed by atoms with Crippen molar-refractivity contribution in [2.45, 2.75) is 26.0 Å². The number of hydrogen-bond acceptors (Lipinski definition) is 3. The van der Waals surface area contributed by atoms with Gasteiger partial charge in [0.2, 0.25) is 0 Å². The summed E-state index contributed by atoms with van der Waals surface area (Å²) < 4.78 is 18.1. The van der Waals surface area contributed by atoms with Gasteiger partial charge in [0.25, 0.3) is 5.91 Å². The maximum Gasteiger partial charge on any atom is 0.261 e. The lowest BCUT2D eigenvalue weighted by molar-refractivity contribution is -0.128. The standard InChI is InChI=1S/C12H16FNO3/c1-8(7-15)14-12(16)9(2)17-11-5-3-4-10(13)6-11/h3-6,8-9,15H,7H2,1-2H3,(H,14,16). The fourth-order valence-corrected chi connectivity index (χ4v) is 1.20. The molecule has 1 aromatic rings. The Morgan fingerprint density at radius 2 is 2.24 bits per heavy atom. The van der Waals surface area contributed by atoms with Crippen LogP contribution in [0, 0.1) is 5.82 Å². The van der Waals surface area contributed by atoms with E-state index in [-0.39, 0.29) is 18.6 Å². The van der Waals surface area contributed by atoms with Crippen LogP contribution in [0.3, 0.4) is 0 Å². The quantitative estimate of drug-likeness (QED) is 0.811. The van der Waals surface area contributed by atoms with Gasteiger partial charge >= 0.3 is 0 Å². The van der Waals surface area contributed by atoms with Gasteiger partial charge in [-0.15, -0.1) is 0 Å². The molecular formula is C12H16FNO3. The van der Waals surface area contributed by atoms with Gasteiger partial charge in [-0.3, -0.25) is 4.79 Å². The minimum absolute atomic E-state index is 0.140. The Kier molecular flexibility index (Phi) is 4.90. The molecule has 0 aromatic heterocycles. The van der Waals surface area contributed by atoms with E-state index in [0.717, 1.165) is 0 Å². The van der Waals surface area contributed by atoms with Crippen molar-refractivity contribution in [3.05, 3.63) is 30.1 Å². The Bertz CT molecular complexity index is 384. The third kappa shape index (κ3) is 4.40. The van der Waals surface area contributed by atoms with Gasteiger partial charge in [0.15, 0.2) is 6.10 Å². The van der Waals surface area contributed by atoms with Crippen molar-refractivity contribution in [1.82, 2.24) is 5.32 Å². The number of aliphatic hydroxyl groups is 1. The van der Waals surface area contributed by atoms with Crippen molar-refractivity contribution in [2.24, 2.45) is 0 Å². The highest BCUT2D eigenvalue weighted by Crippen LogP contribution is 2.13. The maximum atomic E-state index is 12.9. The second-order valence-electron chi connectivity index (χ2n) is 3.81. The average Bonchev–Trinajstić information content (AvgIpc) is 2.28. The topological polar surface area (TPSA) is 58.6 Å². The summed E-state index contributed by atoms with van der Waals surface area (Å²) in [5, 5.41) is 11.3. The zero-order valence-electron chi connectivity index (χ0n) is 9.81. The van der Waals surface area contributed by atoms with E-state index in [1.54, 1.807) is 19.9 Å². The van der Waals surface area contributed by atoms with Crippen molar-refractivity contribution in [3.63, 3.8) is 0 Å². The second kappa shape index (κ2) is 6.20. The molecule has 2 atom stereocenters. The van der Waals surface area contributed by atoms with Crippen LogP contribution < -0.4 is 10.1 Å². The second-order valence-corrected chi connectivity index (χ2v) is 3.81. The number of carbonyl (C=O) groups excluding carboxylic acids is 1. The summed E-state index contributed by atoms with van der Waals surface area (Å²) in [4.78, 5) is 11.6. The van der Waals surface area contributed by atoms with Crippen molar-refractivity contribution in [1.29, 1.82) is 0 Å². The van der Waals surface area contributed by atoms with E-state index >= 15 is 0 Å². The molecule has 94 valence electrons. The molecule has 0 bridgehead atoms. The fourth-order valence-electron chi connectivity index (χ4n) is 1.20. The minimum Gasteiger partial charge on any atom is -0.481 e. The summed E-state index contributed by atoms with van der Waals surface area (Å²) in [5.41, 5.74) is 0. The molecule has 2 N–H and O–H groups in total. The van der Waals surface area contributed by atoms with E-state index in [2.05, 4.69) is 5.32 Å². The van der Waals surface area contributed by atoms with Gasteiger partial charge in [0.05, 0.1) is 6.61 Å². The fraction of sp³-hybridized carbons (Fsp3) is 0.417. The van der Waals surface area contributed by atoms with Crippen LogP contribution in [-0.2, 0) is 4.79 Å². The summed E-state index contributed by atoms with van der Waals surface area (Å²) >= 11 is 0. The molecule has 2 unspecified atom stereocenters. The molecule has 5 heteroatoms. The number of rotatable bonds is 5. The van der Waals surface area contributed by atoms with Gasteiger partial charge in [0, 0.05) is 12.1 Å². The predicted octanol–water partition coefficient (Wildman–Crippen LogP) is 1.09. The summed E-state index contributed by atoms with van der Waals surface area (Å²) in [5.74, 6) is -0.473. The molecule has 1 amide bonds. The molecular weight excluding hydrogens is 225 g/mol. The van der Waals surface area contributed by atoms with Crippen molar-refractivity contribution in [2.75, 3.05) is 6.61 Å². The molecule has 0 saturated carbocycles. The normalized spacial score (nSPS) is 13.9. The molecule has 0 radical (unpaired) electrons. The van der Waals surface area contributed by atoms with E-state index in [4.69, 9.17) is 9.84 Å². The van der Waals surface area contributed by atoms with Gasteiger partial charge < -0.3 is 15.2 Å². The lowest BCUT2D eigenvalue weighted by atomic mass is 10.3. The average molecular weight is 241 g/mol. The molecule has 1 rings (SSSR count). The Morgan fingerprint density at radius 3 is 2.82 bits per heavy atom. The highest BCUT2D eigenvalue weighted by molar-refractivity contribution is 5.80. The highest BCUT2D eigenvalue weighted by atomic mass is 19.1. The van der Waals surface area contributed by atoms with Crippen LogP contribution in [0.1, 0.15) is 13.8 Å². The van der Waals surface area contributed by atoms with Crippen molar-refractivity contribution in [3.8, 4) is 5.75 Å². The van der Waals surface area contributed by atoms with Gasteiger partial charge in [-0.25, -0.2) is 4.39 Å². The first kappa shape index (κ1) is 13.4. The number of amides is 1. The van der Waals surface area contributed by atoms with E-state index in [9.17, 15) is 9.18 Å². The zero-order chi connectivity index (χ0) is 12.8. The largest absolute Gasteiger partial charge is 0.481 e. The molecule has 0 heterocycles. The minimum atomic E-state index is -0.745. The highest BCUT2D eigenvalue weighted by Gasteiger charge is 2.16. The van der Waals surface area contributed by atoms with Gasteiger partial charge in [-0.1, -0.05) is 6.07 Å². The molecule has 0 saturated heterocycles. The van der Waals surface area contributed by atoms with Crippen LogP contribution in [0.5, 0.6) is 5.75 Å². The van der Waals surface area contributed by atoms with E-state index in [0.29, 0.717) is 5.75 Å². The lowest BCUT2D eigenvalue weighted by Crippen LogP contribution is -2.42. The number of carbonyl (C=O) groups is 1. The first-order valence-electron chi connectivity index (χ1n) is 5.36. The van der Waals surface area contributed by atoms with Crippen molar-refractivity contribution >= 4 is 5.91 Å². The van der Waals surface area contributed by atoms with Gasteiger partial charge in [0.1, 0.15) is 11.6 Å². The summed E-state index contributed by atoms with van der Waals surface area (Å²) in [6.07, 6.45) is -0.745. The lowest BCUT2D eigenvalue weighted by Gasteiger charge is -2.17. The summed E-state index contributed by atoms with van der Waals surface area (Å²) in [6.45, 7) is 3.09. The van der Waals surface area contributed by atoms with Crippen LogP contribution in [0.2, 0.25) is 0 Å². The molecule has 0 aliphatic heterocycles. The number of aliphatic hydroxyl groups excluding tert-OH is 1. The molecule has 4 nitrogen and oxygen atoms in total. The Balaban J connectivity index is 2.54. The number of nitrogens with one attached hydrogen (secondary N) is 1. The smallest absolute Gasteiger partial charge is 0.261 e. The van der Waals surface area contributed by atoms with Crippen LogP contribution in [0.25, 0.3) is 0 Å².